The van der Waals surface area contributed by atoms with Crippen molar-refractivity contribution in [3.63, 3.8) is 0 Å². The van der Waals surface area contributed by atoms with Gasteiger partial charge in [0.15, 0.2) is 5.69 Å². The van der Waals surface area contributed by atoms with Crippen molar-refractivity contribution in [3.05, 3.63) is 46.8 Å². The number of amides is 2. The molecule has 0 aliphatic carbocycles. The van der Waals surface area contributed by atoms with E-state index in [-0.39, 0.29) is 12.5 Å². The van der Waals surface area contributed by atoms with Crippen LogP contribution >= 0.6 is 0 Å². The van der Waals surface area contributed by atoms with Crippen LogP contribution in [0.3, 0.4) is 0 Å². The molecule has 1 aromatic carbocycles. The van der Waals surface area contributed by atoms with Crippen LogP contribution < -0.4 is 16.0 Å². The van der Waals surface area contributed by atoms with Crippen LogP contribution in [0.2, 0.25) is 0 Å². The number of esters is 1. The van der Waals surface area contributed by atoms with Crippen LogP contribution in [-0.2, 0) is 22.5 Å². The van der Waals surface area contributed by atoms with Gasteiger partial charge in [-0.25, -0.2) is 4.79 Å². The summed E-state index contributed by atoms with van der Waals surface area (Å²) in [7, 11) is 0. The zero-order chi connectivity index (χ0) is 20.1. The predicted octanol–water partition coefficient (Wildman–Crippen LogP) is 0.989. The molecule has 9 heteroatoms. The topological polar surface area (TPSA) is 125 Å². The molecule has 0 radical (unpaired) electrons. The number of anilines is 1. The largest absolute Gasteiger partial charge is 0.464 e. The van der Waals surface area contributed by atoms with Gasteiger partial charge in [-0.15, -0.1) is 0 Å². The summed E-state index contributed by atoms with van der Waals surface area (Å²) in [6, 6.07) is 5.65. The third-order valence-corrected chi connectivity index (χ3v) is 4.41. The minimum absolute atomic E-state index is 0.253. The molecule has 28 heavy (non-hydrogen) atoms. The normalized spacial score (nSPS) is 13.9. The number of nitrogens with zero attached hydrogens (tertiary/aromatic N) is 1. The highest BCUT2D eigenvalue weighted by atomic mass is 16.5. The van der Waals surface area contributed by atoms with Crippen LogP contribution in [0.1, 0.15) is 46.0 Å². The van der Waals surface area contributed by atoms with Gasteiger partial charge in [0.2, 0.25) is 0 Å². The second kappa shape index (κ2) is 8.66. The standard InChI is InChI=1S/C19H23N5O4/c1-3-28-19(27)11(2)21-17(25)12-4-6-13(7-5-12)22-18(26)16-14-10-20-9-8-15(14)23-24-16/h4-7,11,20H,3,8-10H2,1-2H3,(H,21,25)(H,22,26)(H,23,24). The number of fused-ring (bicyclic) bond motifs is 1. The summed E-state index contributed by atoms with van der Waals surface area (Å²) in [4.78, 5) is 36.3. The van der Waals surface area contributed by atoms with Gasteiger partial charge in [-0.2, -0.15) is 5.10 Å². The highest BCUT2D eigenvalue weighted by Gasteiger charge is 2.22. The van der Waals surface area contributed by atoms with Gasteiger partial charge in [-0.3, -0.25) is 14.7 Å². The molecule has 4 N–H and O–H groups in total. The van der Waals surface area contributed by atoms with E-state index in [1.54, 1.807) is 38.1 Å². The summed E-state index contributed by atoms with van der Waals surface area (Å²) in [6.07, 6.45) is 0.809. The number of nitrogens with one attached hydrogen (secondary N) is 4. The number of rotatable bonds is 6. The van der Waals surface area contributed by atoms with Crippen molar-refractivity contribution in [1.82, 2.24) is 20.8 Å². The van der Waals surface area contributed by atoms with Gasteiger partial charge in [0.1, 0.15) is 6.04 Å². The van der Waals surface area contributed by atoms with Crippen LogP contribution in [0.25, 0.3) is 0 Å². The molecule has 0 spiro atoms. The third kappa shape index (κ3) is 4.37. The Bertz CT molecular complexity index is 875. The number of carbonyl (C=O) groups is 3. The van der Waals surface area contributed by atoms with E-state index in [1.807, 2.05) is 0 Å². The molecular formula is C19H23N5O4. The number of hydrogen-bond donors (Lipinski definition) is 4. The number of hydrogen-bond acceptors (Lipinski definition) is 6. The van der Waals surface area contributed by atoms with Crippen LogP contribution in [-0.4, -0.2) is 47.2 Å². The first-order valence-corrected chi connectivity index (χ1v) is 9.15. The molecule has 3 rings (SSSR count). The number of ether oxygens (including phenoxy) is 1. The third-order valence-electron chi connectivity index (χ3n) is 4.41. The molecule has 1 aromatic heterocycles. The lowest BCUT2D eigenvalue weighted by molar-refractivity contribution is -0.144. The van der Waals surface area contributed by atoms with Crippen molar-refractivity contribution < 1.29 is 19.1 Å². The van der Waals surface area contributed by atoms with E-state index in [1.165, 1.54) is 0 Å². The summed E-state index contributed by atoms with van der Waals surface area (Å²) in [5, 5.41) is 15.6. The van der Waals surface area contributed by atoms with E-state index in [0.29, 0.717) is 23.5 Å². The Hall–Kier alpha value is -3.20. The molecule has 1 aliphatic heterocycles. The first-order chi connectivity index (χ1) is 13.5. The highest BCUT2D eigenvalue weighted by Crippen LogP contribution is 2.17. The number of carbonyl (C=O) groups excluding carboxylic acids is 3. The summed E-state index contributed by atoms with van der Waals surface area (Å²) < 4.78 is 4.86. The van der Waals surface area contributed by atoms with Gasteiger partial charge in [0, 0.05) is 42.0 Å². The van der Waals surface area contributed by atoms with Crippen molar-refractivity contribution in [3.8, 4) is 0 Å². The maximum Gasteiger partial charge on any atom is 0.328 e. The quantitative estimate of drug-likeness (QED) is 0.550. The number of aromatic amines is 1. The van der Waals surface area contributed by atoms with Gasteiger partial charge in [-0.1, -0.05) is 0 Å². The second-order valence-corrected chi connectivity index (χ2v) is 6.43. The molecule has 0 fully saturated rings. The van der Waals surface area contributed by atoms with E-state index in [2.05, 4.69) is 26.1 Å². The van der Waals surface area contributed by atoms with E-state index in [4.69, 9.17) is 4.74 Å². The van der Waals surface area contributed by atoms with Crippen LogP contribution in [0.15, 0.2) is 24.3 Å². The fourth-order valence-electron chi connectivity index (χ4n) is 2.91. The Kier molecular flexibility index (Phi) is 6.05. The lowest BCUT2D eigenvalue weighted by atomic mass is 10.1. The summed E-state index contributed by atoms with van der Waals surface area (Å²) in [5.74, 6) is -1.20. The Labute approximate surface area is 162 Å². The van der Waals surface area contributed by atoms with Crippen LogP contribution in [0, 0.1) is 0 Å². The molecule has 1 unspecified atom stereocenters. The van der Waals surface area contributed by atoms with E-state index in [9.17, 15) is 14.4 Å². The molecule has 2 heterocycles. The van der Waals surface area contributed by atoms with Gasteiger partial charge >= 0.3 is 5.97 Å². The molecule has 0 bridgehead atoms. The van der Waals surface area contributed by atoms with E-state index in [0.717, 1.165) is 24.2 Å². The number of benzene rings is 1. The summed E-state index contributed by atoms with van der Waals surface area (Å²) in [5.41, 5.74) is 3.14. The van der Waals surface area contributed by atoms with Gasteiger partial charge in [-0.05, 0) is 38.1 Å². The monoisotopic (exact) mass is 385 g/mol. The van der Waals surface area contributed by atoms with Crippen LogP contribution in [0.4, 0.5) is 5.69 Å². The van der Waals surface area contributed by atoms with Crippen molar-refractivity contribution >= 4 is 23.5 Å². The molecule has 0 saturated carbocycles. The van der Waals surface area contributed by atoms with Crippen molar-refractivity contribution in [2.45, 2.75) is 32.9 Å². The minimum atomic E-state index is -0.744. The molecule has 9 nitrogen and oxygen atoms in total. The molecule has 1 aliphatic rings. The predicted molar refractivity (Wildman–Crippen MR) is 102 cm³/mol. The summed E-state index contributed by atoms with van der Waals surface area (Å²) >= 11 is 0. The molecule has 2 aromatic rings. The fourth-order valence-corrected chi connectivity index (χ4v) is 2.91. The first kappa shape index (κ1) is 19.6. The maximum atomic E-state index is 12.5. The average Bonchev–Trinajstić information content (AvgIpc) is 3.13. The average molecular weight is 385 g/mol. The first-order valence-electron chi connectivity index (χ1n) is 9.15. The molecule has 1 atom stereocenters. The number of aromatic nitrogens is 2. The summed E-state index contributed by atoms with van der Waals surface area (Å²) in [6.45, 7) is 4.97. The zero-order valence-electron chi connectivity index (χ0n) is 15.8. The van der Waals surface area contributed by atoms with Crippen LogP contribution in [0.5, 0.6) is 0 Å². The van der Waals surface area contributed by atoms with E-state index >= 15 is 0 Å². The van der Waals surface area contributed by atoms with Crippen molar-refractivity contribution in [2.24, 2.45) is 0 Å². The smallest absolute Gasteiger partial charge is 0.328 e. The fraction of sp³-hybridized carbons (Fsp3) is 0.368. The SMILES string of the molecule is CCOC(=O)C(C)NC(=O)c1ccc(NC(=O)c2n[nH]c3c2CNCC3)cc1. The molecular weight excluding hydrogens is 362 g/mol. The maximum absolute atomic E-state index is 12.5. The molecule has 2 amide bonds. The Morgan fingerprint density at radius 3 is 2.68 bits per heavy atom. The number of H-pyrrole nitrogens is 1. The van der Waals surface area contributed by atoms with E-state index < -0.39 is 17.9 Å². The Morgan fingerprint density at radius 2 is 1.96 bits per heavy atom. The van der Waals surface area contributed by atoms with Gasteiger partial charge < -0.3 is 20.7 Å². The Balaban J connectivity index is 1.61. The molecule has 0 saturated heterocycles. The minimum Gasteiger partial charge on any atom is -0.464 e. The zero-order valence-corrected chi connectivity index (χ0v) is 15.8. The molecule has 148 valence electrons. The lowest BCUT2D eigenvalue weighted by Gasteiger charge is -2.13. The second-order valence-electron chi connectivity index (χ2n) is 6.43. The van der Waals surface area contributed by atoms with Gasteiger partial charge in [0.25, 0.3) is 11.8 Å². The highest BCUT2D eigenvalue weighted by molar-refractivity contribution is 6.04. The van der Waals surface area contributed by atoms with Crippen molar-refractivity contribution in [2.75, 3.05) is 18.5 Å². The van der Waals surface area contributed by atoms with Gasteiger partial charge in [0.05, 0.1) is 6.61 Å². The Morgan fingerprint density at radius 1 is 1.21 bits per heavy atom. The van der Waals surface area contributed by atoms with Crippen molar-refractivity contribution in [1.29, 1.82) is 0 Å². The lowest BCUT2D eigenvalue weighted by Crippen LogP contribution is -2.39.